The third-order valence-corrected chi connectivity index (χ3v) is 2.63. The average Bonchev–Trinajstić information content (AvgIpc) is 2.39. The van der Waals surface area contributed by atoms with E-state index in [1.54, 1.807) is 7.11 Å². The van der Waals surface area contributed by atoms with Gasteiger partial charge in [0.05, 0.1) is 13.2 Å². The van der Waals surface area contributed by atoms with Crippen LogP contribution in [0.3, 0.4) is 0 Å². The number of nitrogens with two attached hydrogens (primary N) is 1. The van der Waals surface area contributed by atoms with Crippen LogP contribution in [0.4, 0.5) is 0 Å². The first kappa shape index (κ1) is 13.6. The lowest BCUT2D eigenvalue weighted by atomic mass is 10.00. The van der Waals surface area contributed by atoms with Crippen molar-refractivity contribution in [3.8, 4) is 5.75 Å². The molecule has 1 atom stereocenters. The van der Waals surface area contributed by atoms with Crippen LogP contribution in [0.15, 0.2) is 54.6 Å². The van der Waals surface area contributed by atoms with E-state index >= 15 is 0 Å². The number of benzene rings is 2. The van der Waals surface area contributed by atoms with E-state index in [9.17, 15) is 0 Å². The van der Waals surface area contributed by atoms with Crippen molar-refractivity contribution in [2.45, 2.75) is 6.04 Å². The van der Waals surface area contributed by atoms with Crippen LogP contribution in [-0.2, 0) is 0 Å². The van der Waals surface area contributed by atoms with Gasteiger partial charge in [-0.2, -0.15) is 0 Å². The molecule has 0 radical (unpaired) electrons. The normalized spacial score (nSPS) is 11.4. The van der Waals surface area contributed by atoms with E-state index in [1.807, 2.05) is 54.6 Å². The van der Waals surface area contributed by atoms with Crippen molar-refractivity contribution < 1.29 is 4.74 Å². The molecule has 0 aliphatic rings. The average molecular weight is 250 g/mol. The molecule has 2 nitrogen and oxygen atoms in total. The van der Waals surface area contributed by atoms with Crippen LogP contribution >= 0.6 is 12.4 Å². The Balaban J connectivity index is 0.00000144. The van der Waals surface area contributed by atoms with Gasteiger partial charge in [-0.05, 0) is 23.3 Å². The lowest BCUT2D eigenvalue weighted by Gasteiger charge is -2.12. The van der Waals surface area contributed by atoms with Crippen LogP contribution in [0.25, 0.3) is 0 Å². The molecule has 90 valence electrons. The zero-order chi connectivity index (χ0) is 11.4. The van der Waals surface area contributed by atoms with Gasteiger partial charge in [0.15, 0.2) is 0 Å². The van der Waals surface area contributed by atoms with Gasteiger partial charge in [-0.3, -0.25) is 0 Å². The van der Waals surface area contributed by atoms with E-state index in [2.05, 4.69) is 0 Å². The Kier molecular flexibility index (Phi) is 5.01. The highest BCUT2D eigenvalue weighted by Gasteiger charge is 2.07. The van der Waals surface area contributed by atoms with Gasteiger partial charge in [-0.25, -0.2) is 0 Å². The Labute approximate surface area is 108 Å². The second kappa shape index (κ2) is 6.28. The number of methoxy groups -OCH3 is 1. The third kappa shape index (κ3) is 3.22. The van der Waals surface area contributed by atoms with Crippen molar-refractivity contribution in [2.75, 3.05) is 7.11 Å². The lowest BCUT2D eigenvalue weighted by molar-refractivity contribution is 0.414. The smallest absolute Gasteiger partial charge is 0.118 e. The van der Waals surface area contributed by atoms with Gasteiger partial charge < -0.3 is 10.5 Å². The molecular weight excluding hydrogens is 234 g/mol. The molecule has 0 unspecified atom stereocenters. The number of ether oxygens (including phenoxy) is 1. The van der Waals surface area contributed by atoms with Crippen LogP contribution in [0.2, 0.25) is 0 Å². The fourth-order valence-electron chi connectivity index (χ4n) is 1.66. The lowest BCUT2D eigenvalue weighted by Crippen LogP contribution is -2.11. The Morgan fingerprint density at radius 3 is 1.94 bits per heavy atom. The summed E-state index contributed by atoms with van der Waals surface area (Å²) in [5, 5.41) is 0. The fraction of sp³-hybridized carbons (Fsp3) is 0.143. The molecule has 0 heterocycles. The van der Waals surface area contributed by atoms with Gasteiger partial charge in [0.2, 0.25) is 0 Å². The van der Waals surface area contributed by atoms with Crippen molar-refractivity contribution in [1.29, 1.82) is 0 Å². The van der Waals surface area contributed by atoms with Gasteiger partial charge in [0.1, 0.15) is 5.75 Å². The fourth-order valence-corrected chi connectivity index (χ4v) is 1.66. The summed E-state index contributed by atoms with van der Waals surface area (Å²) < 4.78 is 5.11. The molecule has 0 amide bonds. The highest BCUT2D eigenvalue weighted by Crippen LogP contribution is 2.21. The highest BCUT2D eigenvalue weighted by atomic mass is 35.5. The Morgan fingerprint density at radius 2 is 1.41 bits per heavy atom. The number of rotatable bonds is 3. The molecule has 3 heteroatoms. The summed E-state index contributed by atoms with van der Waals surface area (Å²) in [7, 11) is 1.66. The minimum atomic E-state index is -0.0768. The summed E-state index contributed by atoms with van der Waals surface area (Å²) >= 11 is 0. The van der Waals surface area contributed by atoms with Crippen LogP contribution in [-0.4, -0.2) is 7.11 Å². The molecule has 2 aromatic carbocycles. The van der Waals surface area contributed by atoms with Crippen molar-refractivity contribution in [3.63, 3.8) is 0 Å². The van der Waals surface area contributed by atoms with Crippen molar-refractivity contribution in [2.24, 2.45) is 5.73 Å². The Morgan fingerprint density at radius 1 is 0.882 bits per heavy atom. The monoisotopic (exact) mass is 249 g/mol. The molecule has 0 saturated carbocycles. The standard InChI is InChI=1S/C14H15NO.ClH/c1-16-13-9-7-12(8-10-13)14(15)11-5-3-2-4-6-11;/h2-10,14H,15H2,1H3;1H/t14-;/m0./s1. The summed E-state index contributed by atoms with van der Waals surface area (Å²) in [6.45, 7) is 0. The molecule has 0 saturated heterocycles. The van der Waals surface area contributed by atoms with Gasteiger partial charge in [0, 0.05) is 0 Å². The summed E-state index contributed by atoms with van der Waals surface area (Å²) in [5.41, 5.74) is 8.38. The third-order valence-electron chi connectivity index (χ3n) is 2.63. The maximum atomic E-state index is 6.17. The summed E-state index contributed by atoms with van der Waals surface area (Å²) in [6, 6.07) is 17.8. The van der Waals surface area contributed by atoms with E-state index in [1.165, 1.54) is 0 Å². The summed E-state index contributed by atoms with van der Waals surface area (Å²) in [6.07, 6.45) is 0. The number of halogens is 1. The number of hydrogen-bond acceptors (Lipinski definition) is 2. The summed E-state index contributed by atoms with van der Waals surface area (Å²) in [4.78, 5) is 0. The van der Waals surface area contributed by atoms with Gasteiger partial charge in [-0.15, -0.1) is 12.4 Å². The predicted octanol–water partition coefficient (Wildman–Crippen LogP) is 3.17. The first-order valence-corrected chi connectivity index (χ1v) is 5.26. The molecule has 0 aliphatic carbocycles. The minimum absolute atomic E-state index is 0. The molecule has 0 aromatic heterocycles. The molecule has 0 fully saturated rings. The molecule has 0 spiro atoms. The van der Waals surface area contributed by atoms with Crippen molar-refractivity contribution in [3.05, 3.63) is 65.7 Å². The second-order valence-corrected chi connectivity index (χ2v) is 3.66. The molecule has 2 rings (SSSR count). The van der Waals surface area contributed by atoms with Gasteiger partial charge in [-0.1, -0.05) is 42.5 Å². The quantitative estimate of drug-likeness (QED) is 0.907. The first-order valence-electron chi connectivity index (χ1n) is 5.26. The van der Waals surface area contributed by atoms with Crippen molar-refractivity contribution >= 4 is 12.4 Å². The zero-order valence-electron chi connectivity index (χ0n) is 9.67. The maximum Gasteiger partial charge on any atom is 0.118 e. The van der Waals surface area contributed by atoms with E-state index in [0.717, 1.165) is 16.9 Å². The molecular formula is C14H16ClNO. The largest absolute Gasteiger partial charge is 0.497 e. The highest BCUT2D eigenvalue weighted by molar-refractivity contribution is 5.85. The van der Waals surface area contributed by atoms with Crippen LogP contribution in [0.1, 0.15) is 17.2 Å². The van der Waals surface area contributed by atoms with Crippen molar-refractivity contribution in [1.82, 2.24) is 0 Å². The van der Waals surface area contributed by atoms with Crippen LogP contribution in [0.5, 0.6) is 5.75 Å². The maximum absolute atomic E-state index is 6.17. The van der Waals surface area contributed by atoms with E-state index in [0.29, 0.717) is 0 Å². The van der Waals surface area contributed by atoms with E-state index in [-0.39, 0.29) is 18.4 Å². The molecule has 2 N–H and O–H groups in total. The predicted molar refractivity (Wildman–Crippen MR) is 72.7 cm³/mol. The zero-order valence-corrected chi connectivity index (χ0v) is 10.5. The van der Waals surface area contributed by atoms with Gasteiger partial charge in [0.25, 0.3) is 0 Å². The van der Waals surface area contributed by atoms with Crippen LogP contribution in [0, 0.1) is 0 Å². The number of hydrogen-bond donors (Lipinski definition) is 1. The first-order chi connectivity index (χ1) is 7.81. The topological polar surface area (TPSA) is 35.2 Å². The van der Waals surface area contributed by atoms with E-state index < -0.39 is 0 Å². The minimum Gasteiger partial charge on any atom is -0.497 e. The summed E-state index contributed by atoms with van der Waals surface area (Å²) in [5.74, 6) is 0.851. The molecule has 17 heavy (non-hydrogen) atoms. The Hall–Kier alpha value is -1.51. The molecule has 0 aliphatic heterocycles. The molecule has 0 bridgehead atoms. The SMILES string of the molecule is COc1ccc([C@@H](N)c2ccccc2)cc1.Cl. The Bertz CT molecular complexity index is 442. The van der Waals surface area contributed by atoms with Gasteiger partial charge >= 0.3 is 0 Å². The molecule has 2 aromatic rings. The van der Waals surface area contributed by atoms with E-state index in [4.69, 9.17) is 10.5 Å². The van der Waals surface area contributed by atoms with Crippen LogP contribution < -0.4 is 10.5 Å². The second-order valence-electron chi connectivity index (χ2n) is 3.66.